The summed E-state index contributed by atoms with van der Waals surface area (Å²) in [6, 6.07) is 0. The van der Waals surface area contributed by atoms with Crippen LogP contribution >= 0.6 is 12.2 Å². The summed E-state index contributed by atoms with van der Waals surface area (Å²) >= 11 is 4.66. The van der Waals surface area contributed by atoms with E-state index < -0.39 is 0 Å². The van der Waals surface area contributed by atoms with Crippen LogP contribution in [0.4, 0.5) is 0 Å². The van der Waals surface area contributed by atoms with Gasteiger partial charge in [0.2, 0.25) is 0 Å². The molecule has 0 saturated carbocycles. The zero-order valence-corrected chi connectivity index (χ0v) is 6.62. The molecule has 4 heteroatoms. The predicted molar refractivity (Wildman–Crippen MR) is 43.7 cm³/mol. The second-order valence-electron chi connectivity index (χ2n) is 2.47. The minimum Gasteiger partial charge on any atom is -0.381 e. The van der Waals surface area contributed by atoms with Crippen molar-refractivity contribution in [1.82, 2.24) is 5.32 Å². The molecule has 1 saturated heterocycles. The molecule has 0 bridgehead atoms. The average molecular weight is 160 g/mol. The molecule has 1 fully saturated rings. The largest absolute Gasteiger partial charge is 0.381 e. The quantitative estimate of drug-likeness (QED) is 0.552. The lowest BCUT2D eigenvalue weighted by molar-refractivity contribution is 0.186. The average Bonchev–Trinajstić information content (AvgIpc) is 2.34. The van der Waals surface area contributed by atoms with Crippen molar-refractivity contribution in [2.75, 3.05) is 19.8 Å². The molecule has 0 aromatic rings. The number of rotatable bonds is 2. The molecule has 3 N–H and O–H groups in total. The van der Waals surface area contributed by atoms with E-state index in [1.54, 1.807) is 0 Å². The fourth-order valence-electron chi connectivity index (χ4n) is 0.989. The molecule has 10 heavy (non-hydrogen) atoms. The number of nitrogens with two attached hydrogens (primary N) is 1. The van der Waals surface area contributed by atoms with E-state index >= 15 is 0 Å². The third kappa shape index (κ3) is 2.49. The molecule has 0 amide bonds. The molecule has 1 aliphatic heterocycles. The first-order valence-corrected chi connectivity index (χ1v) is 3.81. The molecule has 1 rings (SSSR count). The van der Waals surface area contributed by atoms with Crippen molar-refractivity contribution in [3.8, 4) is 0 Å². The van der Waals surface area contributed by atoms with E-state index in [0.717, 1.165) is 26.2 Å². The highest BCUT2D eigenvalue weighted by atomic mass is 32.1. The Hall–Kier alpha value is -0.350. The molecule has 0 aliphatic carbocycles. The van der Waals surface area contributed by atoms with Crippen LogP contribution in [0.1, 0.15) is 6.42 Å². The van der Waals surface area contributed by atoms with E-state index in [1.165, 1.54) is 0 Å². The Balaban J connectivity index is 2.07. The van der Waals surface area contributed by atoms with Gasteiger partial charge in [-0.1, -0.05) is 0 Å². The summed E-state index contributed by atoms with van der Waals surface area (Å²) in [4.78, 5) is 0. The maximum absolute atomic E-state index is 5.25. The van der Waals surface area contributed by atoms with E-state index in [0.29, 0.717) is 11.0 Å². The van der Waals surface area contributed by atoms with Gasteiger partial charge in [0.05, 0.1) is 6.61 Å². The SMILES string of the molecule is NC(=S)NC[C@@H]1CCOC1. The summed E-state index contributed by atoms with van der Waals surface area (Å²) in [5.74, 6) is 0.599. The van der Waals surface area contributed by atoms with Gasteiger partial charge >= 0.3 is 0 Å². The minimum atomic E-state index is 0.381. The van der Waals surface area contributed by atoms with Crippen LogP contribution in [0, 0.1) is 5.92 Å². The Kier molecular flexibility index (Phi) is 2.89. The Morgan fingerprint density at radius 2 is 2.60 bits per heavy atom. The fourth-order valence-corrected chi connectivity index (χ4v) is 1.07. The molecule has 0 aromatic carbocycles. The molecule has 58 valence electrons. The molecule has 0 unspecified atom stereocenters. The summed E-state index contributed by atoms with van der Waals surface area (Å²) in [6.45, 7) is 2.58. The fraction of sp³-hybridized carbons (Fsp3) is 0.833. The highest BCUT2D eigenvalue weighted by Crippen LogP contribution is 2.10. The number of nitrogens with one attached hydrogen (secondary N) is 1. The highest BCUT2D eigenvalue weighted by Gasteiger charge is 2.14. The molecular formula is C6H12N2OS. The molecule has 3 nitrogen and oxygen atoms in total. The Labute approximate surface area is 65.9 Å². The van der Waals surface area contributed by atoms with Gasteiger partial charge < -0.3 is 15.8 Å². The molecule has 1 aliphatic rings. The van der Waals surface area contributed by atoms with E-state index in [2.05, 4.69) is 17.5 Å². The molecule has 0 aromatic heterocycles. The van der Waals surface area contributed by atoms with E-state index in [4.69, 9.17) is 10.5 Å². The summed E-state index contributed by atoms with van der Waals surface area (Å²) < 4.78 is 5.17. The predicted octanol–water partition coefficient (Wildman–Crippen LogP) is -0.144. The van der Waals surface area contributed by atoms with Crippen LogP contribution in [0.2, 0.25) is 0 Å². The summed E-state index contributed by atoms with van der Waals surface area (Å²) in [7, 11) is 0. The normalized spacial score (nSPS) is 24.6. The third-order valence-corrected chi connectivity index (χ3v) is 1.73. The van der Waals surface area contributed by atoms with E-state index in [1.807, 2.05) is 0 Å². The van der Waals surface area contributed by atoms with Crippen LogP contribution in [-0.4, -0.2) is 24.9 Å². The van der Waals surface area contributed by atoms with Gasteiger partial charge in [-0.25, -0.2) is 0 Å². The minimum absolute atomic E-state index is 0.381. The maximum Gasteiger partial charge on any atom is 0.163 e. The number of hydrogen-bond donors (Lipinski definition) is 2. The first-order valence-electron chi connectivity index (χ1n) is 3.40. The van der Waals surface area contributed by atoms with E-state index in [-0.39, 0.29) is 0 Å². The number of ether oxygens (including phenoxy) is 1. The summed E-state index contributed by atoms with van der Waals surface area (Å²) in [5.41, 5.74) is 5.25. The van der Waals surface area contributed by atoms with Gasteiger partial charge in [0.15, 0.2) is 5.11 Å². The topological polar surface area (TPSA) is 47.3 Å². The molecule has 1 heterocycles. The standard InChI is InChI=1S/C6H12N2OS/c7-6(10)8-3-5-1-2-9-4-5/h5H,1-4H2,(H3,7,8,10)/t5-/m0/s1. The highest BCUT2D eigenvalue weighted by molar-refractivity contribution is 7.80. The van der Waals surface area contributed by atoms with Crippen molar-refractivity contribution < 1.29 is 4.74 Å². The third-order valence-electron chi connectivity index (χ3n) is 1.59. The lowest BCUT2D eigenvalue weighted by atomic mass is 10.1. The van der Waals surface area contributed by atoms with Gasteiger partial charge in [-0.05, 0) is 18.6 Å². The number of thiocarbonyl (C=S) groups is 1. The van der Waals surface area contributed by atoms with E-state index in [9.17, 15) is 0 Å². The Morgan fingerprint density at radius 3 is 3.10 bits per heavy atom. The molecular weight excluding hydrogens is 148 g/mol. The van der Waals surface area contributed by atoms with Crippen LogP contribution in [0.5, 0.6) is 0 Å². The van der Waals surface area contributed by atoms with Gasteiger partial charge in [-0.2, -0.15) is 0 Å². The van der Waals surface area contributed by atoms with Gasteiger partial charge in [-0.3, -0.25) is 0 Å². The summed E-state index contributed by atoms with van der Waals surface area (Å²) in [6.07, 6.45) is 1.12. The van der Waals surface area contributed by atoms with Crippen LogP contribution in [0.25, 0.3) is 0 Å². The van der Waals surface area contributed by atoms with Gasteiger partial charge in [0, 0.05) is 19.1 Å². The van der Waals surface area contributed by atoms with Crippen molar-refractivity contribution in [3.63, 3.8) is 0 Å². The number of hydrogen-bond acceptors (Lipinski definition) is 2. The van der Waals surface area contributed by atoms with Gasteiger partial charge in [-0.15, -0.1) is 0 Å². The zero-order valence-electron chi connectivity index (χ0n) is 5.80. The smallest absolute Gasteiger partial charge is 0.163 e. The van der Waals surface area contributed by atoms with Crippen molar-refractivity contribution in [3.05, 3.63) is 0 Å². The molecule has 0 spiro atoms. The zero-order chi connectivity index (χ0) is 7.40. The van der Waals surface area contributed by atoms with Crippen LogP contribution in [0.15, 0.2) is 0 Å². The van der Waals surface area contributed by atoms with Crippen molar-refractivity contribution in [2.45, 2.75) is 6.42 Å². The van der Waals surface area contributed by atoms with Crippen molar-refractivity contribution in [1.29, 1.82) is 0 Å². The Bertz CT molecular complexity index is 123. The lowest BCUT2D eigenvalue weighted by Gasteiger charge is -2.07. The second-order valence-corrected chi connectivity index (χ2v) is 2.91. The van der Waals surface area contributed by atoms with Gasteiger partial charge in [0.25, 0.3) is 0 Å². The Morgan fingerprint density at radius 1 is 1.80 bits per heavy atom. The lowest BCUT2D eigenvalue weighted by Crippen LogP contribution is -2.33. The van der Waals surface area contributed by atoms with Crippen LogP contribution < -0.4 is 11.1 Å². The van der Waals surface area contributed by atoms with Crippen molar-refractivity contribution in [2.24, 2.45) is 11.7 Å². The first-order chi connectivity index (χ1) is 4.79. The van der Waals surface area contributed by atoms with Crippen molar-refractivity contribution >= 4 is 17.3 Å². The second kappa shape index (κ2) is 3.73. The monoisotopic (exact) mass is 160 g/mol. The van der Waals surface area contributed by atoms with Crippen LogP contribution in [0.3, 0.4) is 0 Å². The first kappa shape index (κ1) is 7.75. The van der Waals surface area contributed by atoms with Crippen LogP contribution in [-0.2, 0) is 4.74 Å². The van der Waals surface area contributed by atoms with Gasteiger partial charge in [0.1, 0.15) is 0 Å². The molecule has 1 atom stereocenters. The molecule has 0 radical (unpaired) electrons. The summed E-state index contributed by atoms with van der Waals surface area (Å²) in [5, 5.41) is 3.30. The maximum atomic E-state index is 5.25.